The Bertz CT molecular complexity index is 941. The number of hydrogen-bond donors (Lipinski definition) is 0. The maximum atomic E-state index is 11.6. The van der Waals surface area contributed by atoms with Crippen molar-refractivity contribution in [2.75, 3.05) is 0 Å². The molecule has 0 unspecified atom stereocenters. The second-order valence-electron chi connectivity index (χ2n) is 4.70. The molecule has 0 spiro atoms. The normalized spacial score (nSPS) is 12.3. The van der Waals surface area contributed by atoms with Crippen molar-refractivity contribution < 1.29 is 14.3 Å². The minimum absolute atomic E-state index is 0.0415. The van der Waals surface area contributed by atoms with Gasteiger partial charge >= 0.3 is 0 Å². The van der Waals surface area contributed by atoms with Gasteiger partial charge in [0.15, 0.2) is 11.5 Å². The Morgan fingerprint density at radius 2 is 0.962 bits per heavy atom. The monoisotopic (exact) mass is 528 g/mol. The Kier molecular flexibility index (Phi) is 6.12. The molecule has 0 bridgehead atoms. The van der Waals surface area contributed by atoms with Gasteiger partial charge in [-0.3, -0.25) is 9.59 Å². The molecule has 26 heavy (non-hydrogen) atoms. The van der Waals surface area contributed by atoms with E-state index in [1.54, 1.807) is 0 Å². The van der Waals surface area contributed by atoms with Crippen LogP contribution in [0.25, 0.3) is 0 Å². The van der Waals surface area contributed by atoms with Crippen LogP contribution in [0.4, 0.5) is 0 Å². The Morgan fingerprint density at radius 3 is 1.27 bits per heavy atom. The van der Waals surface area contributed by atoms with Crippen molar-refractivity contribution in [2.24, 2.45) is 0 Å². The van der Waals surface area contributed by atoms with Crippen LogP contribution in [0, 0.1) is 0 Å². The van der Waals surface area contributed by atoms with E-state index in [1.165, 1.54) is 0 Å². The van der Waals surface area contributed by atoms with Gasteiger partial charge in [0.1, 0.15) is 10.0 Å². The van der Waals surface area contributed by atoms with Gasteiger partial charge in [-0.25, -0.2) is 0 Å². The number of carbonyl (C=O) groups excluding carboxylic acids is 2. The molecular formula is C14Cl8O3S. The van der Waals surface area contributed by atoms with Crippen LogP contribution in [0.2, 0.25) is 30.1 Å². The van der Waals surface area contributed by atoms with Crippen molar-refractivity contribution in [1.82, 2.24) is 0 Å². The molecule has 0 N–H and O–H groups in total. The number of ether oxygens (including phenoxy) is 1. The molecule has 2 aromatic rings. The van der Waals surface area contributed by atoms with Crippen molar-refractivity contribution in [2.45, 2.75) is 9.79 Å². The molecule has 12 heteroatoms. The number of benzene rings is 2. The molecule has 0 radical (unpaired) electrons. The molecule has 0 aliphatic carbocycles. The van der Waals surface area contributed by atoms with Gasteiger partial charge in [-0.15, -0.1) is 0 Å². The van der Waals surface area contributed by atoms with Gasteiger partial charge in [0.2, 0.25) is 0 Å². The third-order valence-electron chi connectivity index (χ3n) is 3.27. The maximum Gasteiger partial charge on any atom is 0.255 e. The standard InChI is InChI=1S/C14Cl8O3S/c15-3-1(13(21)23)5(17)11-9(7(3)19)25-10-8(20)4(16)2(14(22)24)6(18)12(10)26-11. The summed E-state index contributed by atoms with van der Waals surface area (Å²) < 4.78 is 5.70. The molecule has 0 atom stereocenters. The molecule has 1 aliphatic rings. The summed E-state index contributed by atoms with van der Waals surface area (Å²) in [6.45, 7) is 0. The lowest BCUT2D eigenvalue weighted by Gasteiger charge is -2.25. The third-order valence-corrected chi connectivity index (χ3v) is 7.49. The van der Waals surface area contributed by atoms with Gasteiger partial charge in [0.05, 0.1) is 41.0 Å². The minimum Gasteiger partial charge on any atom is -0.452 e. The highest BCUT2D eigenvalue weighted by Crippen LogP contribution is 2.60. The largest absolute Gasteiger partial charge is 0.452 e. The van der Waals surface area contributed by atoms with Crippen molar-refractivity contribution in [3.63, 3.8) is 0 Å². The molecule has 0 aromatic heterocycles. The Morgan fingerprint density at radius 1 is 0.615 bits per heavy atom. The predicted octanol–water partition coefficient (Wildman–Crippen LogP) is 8.62. The number of fused-ring (bicyclic) bond motifs is 2. The third kappa shape index (κ3) is 3.18. The highest BCUT2D eigenvalue weighted by Gasteiger charge is 2.35. The number of carbonyl (C=O) groups is 2. The zero-order valence-electron chi connectivity index (χ0n) is 11.7. The van der Waals surface area contributed by atoms with Crippen LogP contribution in [-0.4, -0.2) is 10.5 Å². The van der Waals surface area contributed by atoms with Gasteiger partial charge in [0.25, 0.3) is 10.5 Å². The zero-order chi connectivity index (χ0) is 19.5. The molecule has 136 valence electrons. The van der Waals surface area contributed by atoms with E-state index in [4.69, 9.17) is 97.5 Å². The summed E-state index contributed by atoms with van der Waals surface area (Å²) in [7, 11) is 0. The first-order valence-electron chi connectivity index (χ1n) is 6.24. The fourth-order valence-corrected chi connectivity index (χ4v) is 5.74. The van der Waals surface area contributed by atoms with Crippen LogP contribution >= 0.6 is 105 Å². The van der Waals surface area contributed by atoms with Crippen LogP contribution in [0.5, 0.6) is 11.5 Å². The minimum atomic E-state index is -0.909. The van der Waals surface area contributed by atoms with Crippen LogP contribution in [0.15, 0.2) is 9.79 Å². The van der Waals surface area contributed by atoms with Gasteiger partial charge in [-0.05, 0) is 23.2 Å². The molecule has 0 fully saturated rings. The van der Waals surface area contributed by atoms with E-state index in [1.807, 2.05) is 0 Å². The summed E-state index contributed by atoms with van der Waals surface area (Å²) in [6, 6.07) is 0. The van der Waals surface area contributed by atoms with Crippen molar-refractivity contribution in [3.05, 3.63) is 41.3 Å². The molecule has 3 nitrogen and oxygen atoms in total. The lowest BCUT2D eigenvalue weighted by atomic mass is 10.2. The summed E-state index contributed by atoms with van der Waals surface area (Å²) in [5.41, 5.74) is -0.383. The number of hydrogen-bond acceptors (Lipinski definition) is 4. The van der Waals surface area contributed by atoms with Gasteiger partial charge in [-0.1, -0.05) is 81.4 Å². The van der Waals surface area contributed by atoms with Crippen LogP contribution in [-0.2, 0) is 0 Å². The fourth-order valence-electron chi connectivity index (χ4n) is 2.15. The highest BCUT2D eigenvalue weighted by molar-refractivity contribution is 7.99. The second-order valence-corrected chi connectivity index (χ2v) is 8.68. The maximum absolute atomic E-state index is 11.6. The average molecular weight is 532 g/mol. The van der Waals surface area contributed by atoms with E-state index in [-0.39, 0.29) is 62.6 Å². The first-order chi connectivity index (χ1) is 12.1. The number of halogens is 8. The molecule has 0 saturated carbocycles. The molecule has 1 aliphatic heterocycles. The molecule has 1 heterocycles. The molecule has 2 aromatic carbocycles. The van der Waals surface area contributed by atoms with Gasteiger partial charge in [0, 0.05) is 0 Å². The topological polar surface area (TPSA) is 43.4 Å². The van der Waals surface area contributed by atoms with Gasteiger partial charge in [-0.2, -0.15) is 0 Å². The van der Waals surface area contributed by atoms with E-state index in [0.29, 0.717) is 0 Å². The zero-order valence-corrected chi connectivity index (χ0v) is 18.5. The second kappa shape index (κ2) is 7.58. The average Bonchev–Trinajstić information content (AvgIpc) is 2.56. The Labute approximate surface area is 190 Å². The van der Waals surface area contributed by atoms with Crippen molar-refractivity contribution in [1.29, 1.82) is 0 Å². The lowest BCUT2D eigenvalue weighted by molar-refractivity contribution is 0.107. The van der Waals surface area contributed by atoms with E-state index in [9.17, 15) is 9.59 Å². The lowest BCUT2D eigenvalue weighted by Crippen LogP contribution is -2.05. The number of rotatable bonds is 2. The van der Waals surface area contributed by atoms with E-state index in [0.717, 1.165) is 11.8 Å². The predicted molar refractivity (Wildman–Crippen MR) is 108 cm³/mol. The first-order valence-corrected chi connectivity index (χ1v) is 10.1. The summed E-state index contributed by atoms with van der Waals surface area (Å²) in [5.74, 6) is 0.0830. The summed E-state index contributed by atoms with van der Waals surface area (Å²) in [6.07, 6.45) is 0. The fraction of sp³-hybridized carbons (Fsp3) is 0. The molecular weight excluding hydrogens is 532 g/mol. The van der Waals surface area contributed by atoms with E-state index in [2.05, 4.69) is 0 Å². The smallest absolute Gasteiger partial charge is 0.255 e. The summed E-state index contributed by atoms with van der Waals surface area (Å²) >= 11 is 49.0. The van der Waals surface area contributed by atoms with Crippen LogP contribution in [0.3, 0.4) is 0 Å². The molecule has 0 saturated heterocycles. The SMILES string of the molecule is O=C(Cl)c1c(Cl)c(Cl)c2c(c1Cl)Sc1c(Cl)c(C(=O)Cl)c(Cl)c(Cl)c1O2. The van der Waals surface area contributed by atoms with Crippen molar-refractivity contribution in [3.8, 4) is 11.5 Å². The molecule has 0 amide bonds. The Balaban J connectivity index is 2.34. The highest BCUT2D eigenvalue weighted by atomic mass is 35.5. The van der Waals surface area contributed by atoms with E-state index < -0.39 is 10.5 Å². The van der Waals surface area contributed by atoms with E-state index >= 15 is 0 Å². The Hall–Kier alpha value is 0.250. The quantitative estimate of drug-likeness (QED) is 0.245. The summed E-state index contributed by atoms with van der Waals surface area (Å²) in [4.78, 5) is 23.7. The van der Waals surface area contributed by atoms with Crippen LogP contribution < -0.4 is 4.74 Å². The van der Waals surface area contributed by atoms with Crippen LogP contribution in [0.1, 0.15) is 20.7 Å². The van der Waals surface area contributed by atoms with Crippen molar-refractivity contribution >= 4 is 115 Å². The molecule has 3 rings (SSSR count). The summed E-state index contributed by atoms with van der Waals surface area (Å²) in [5, 5.41) is -2.57. The van der Waals surface area contributed by atoms with Gasteiger partial charge < -0.3 is 4.74 Å². The first kappa shape index (κ1) is 21.0.